The van der Waals surface area contributed by atoms with Gasteiger partial charge in [0.25, 0.3) is 0 Å². The lowest BCUT2D eigenvalue weighted by atomic mass is 10.2. The van der Waals surface area contributed by atoms with Crippen molar-refractivity contribution in [3.05, 3.63) is 25.3 Å². The zero-order valence-electron chi connectivity index (χ0n) is 8.84. The molecule has 0 aliphatic rings. The zero-order chi connectivity index (χ0) is 13.4. The van der Waals surface area contributed by atoms with Crippen molar-refractivity contribution >= 4 is 23.8 Å². The molecule has 0 saturated heterocycles. The van der Waals surface area contributed by atoms with E-state index in [-0.39, 0.29) is 0 Å². The highest BCUT2D eigenvalue weighted by molar-refractivity contribution is 5.97. The molecule has 0 amide bonds. The van der Waals surface area contributed by atoms with Crippen molar-refractivity contribution in [2.24, 2.45) is 0 Å². The molecule has 0 aromatic carbocycles. The van der Waals surface area contributed by atoms with Crippen LogP contribution in [0.25, 0.3) is 0 Å². The number of esters is 3. The third-order valence-corrected chi connectivity index (χ3v) is 1.41. The lowest BCUT2D eigenvalue weighted by molar-refractivity contribution is -0.162. The Kier molecular flexibility index (Phi) is 6.12. The molecule has 0 aliphatic carbocycles. The number of rotatable bonds is 5. The standard InChI is InChI=1S/C10H11NO6/c1-3-8(13)16-7(11)5-6(12)10(15)17-9(14)4-2/h3-4,6,11-12H,1-2,5H2. The maximum atomic E-state index is 11.0. The number of aliphatic hydroxyl groups is 1. The molecule has 92 valence electrons. The average Bonchev–Trinajstić information content (AvgIpc) is 2.28. The van der Waals surface area contributed by atoms with Crippen molar-refractivity contribution < 1.29 is 29.0 Å². The van der Waals surface area contributed by atoms with E-state index in [0.717, 1.165) is 12.2 Å². The van der Waals surface area contributed by atoms with Crippen LogP contribution in [0.5, 0.6) is 0 Å². The normalized spacial score (nSPS) is 10.9. The highest BCUT2D eigenvalue weighted by Gasteiger charge is 2.22. The first-order valence-corrected chi connectivity index (χ1v) is 4.38. The SMILES string of the molecule is C=CC(=O)OC(=N)CC(O)C(=O)OC(=O)C=C. The lowest BCUT2D eigenvalue weighted by Gasteiger charge is -2.08. The molecule has 0 aromatic rings. The van der Waals surface area contributed by atoms with Crippen LogP contribution < -0.4 is 0 Å². The van der Waals surface area contributed by atoms with E-state index < -0.39 is 36.3 Å². The van der Waals surface area contributed by atoms with E-state index in [9.17, 15) is 19.5 Å². The van der Waals surface area contributed by atoms with Crippen LogP contribution in [0.3, 0.4) is 0 Å². The summed E-state index contributed by atoms with van der Waals surface area (Å²) in [5, 5.41) is 16.3. The molecule has 0 heterocycles. The van der Waals surface area contributed by atoms with E-state index in [0.29, 0.717) is 0 Å². The summed E-state index contributed by atoms with van der Waals surface area (Å²) >= 11 is 0. The van der Waals surface area contributed by atoms with Gasteiger partial charge in [-0.2, -0.15) is 0 Å². The van der Waals surface area contributed by atoms with Gasteiger partial charge < -0.3 is 14.6 Å². The molecule has 0 bridgehead atoms. The van der Waals surface area contributed by atoms with Gasteiger partial charge in [0.2, 0.25) is 0 Å². The van der Waals surface area contributed by atoms with Crippen LogP contribution in [-0.4, -0.2) is 35.0 Å². The van der Waals surface area contributed by atoms with E-state index in [2.05, 4.69) is 22.6 Å². The van der Waals surface area contributed by atoms with Gasteiger partial charge in [-0.3, -0.25) is 5.41 Å². The second-order valence-corrected chi connectivity index (χ2v) is 2.71. The number of hydrogen-bond acceptors (Lipinski definition) is 7. The van der Waals surface area contributed by atoms with Crippen LogP contribution in [0, 0.1) is 5.41 Å². The first kappa shape index (κ1) is 14.7. The van der Waals surface area contributed by atoms with Crippen molar-refractivity contribution in [3.63, 3.8) is 0 Å². The summed E-state index contributed by atoms with van der Waals surface area (Å²) in [5.74, 6) is -3.82. The van der Waals surface area contributed by atoms with Crippen molar-refractivity contribution in [1.82, 2.24) is 0 Å². The minimum atomic E-state index is -1.77. The first-order valence-electron chi connectivity index (χ1n) is 4.38. The van der Waals surface area contributed by atoms with Gasteiger partial charge in [-0.15, -0.1) is 0 Å². The third-order valence-electron chi connectivity index (χ3n) is 1.41. The molecule has 2 N–H and O–H groups in total. The van der Waals surface area contributed by atoms with Crippen molar-refractivity contribution in [2.75, 3.05) is 0 Å². The van der Waals surface area contributed by atoms with Gasteiger partial charge in [-0.1, -0.05) is 13.2 Å². The van der Waals surface area contributed by atoms with E-state index in [1.807, 2.05) is 0 Å². The van der Waals surface area contributed by atoms with E-state index in [1.165, 1.54) is 0 Å². The van der Waals surface area contributed by atoms with Crippen LogP contribution in [0.2, 0.25) is 0 Å². The van der Waals surface area contributed by atoms with E-state index >= 15 is 0 Å². The smallest absolute Gasteiger partial charge is 0.343 e. The Morgan fingerprint density at radius 3 is 2.12 bits per heavy atom. The van der Waals surface area contributed by atoms with Crippen molar-refractivity contribution in [2.45, 2.75) is 12.5 Å². The highest BCUT2D eigenvalue weighted by Crippen LogP contribution is 1.99. The predicted molar refractivity (Wildman–Crippen MR) is 55.9 cm³/mol. The number of aliphatic hydroxyl groups excluding tert-OH is 1. The summed E-state index contributed by atoms with van der Waals surface area (Å²) in [5.41, 5.74) is 0. The van der Waals surface area contributed by atoms with Gasteiger partial charge in [-0.25, -0.2) is 14.4 Å². The van der Waals surface area contributed by atoms with Gasteiger partial charge in [0.1, 0.15) is 0 Å². The maximum absolute atomic E-state index is 11.0. The molecule has 17 heavy (non-hydrogen) atoms. The summed E-state index contributed by atoms with van der Waals surface area (Å²) < 4.78 is 8.40. The summed E-state index contributed by atoms with van der Waals surface area (Å²) in [6.45, 7) is 6.15. The Morgan fingerprint density at radius 2 is 1.65 bits per heavy atom. The fourth-order valence-corrected chi connectivity index (χ4v) is 0.673. The van der Waals surface area contributed by atoms with Crippen LogP contribution in [0.4, 0.5) is 0 Å². The molecule has 0 radical (unpaired) electrons. The second kappa shape index (κ2) is 7.07. The number of carbonyl (C=O) groups is 3. The Morgan fingerprint density at radius 1 is 1.18 bits per heavy atom. The summed E-state index contributed by atoms with van der Waals surface area (Å²) in [7, 11) is 0. The molecule has 7 heteroatoms. The Balaban J connectivity index is 4.20. The highest BCUT2D eigenvalue weighted by atomic mass is 16.6. The van der Waals surface area contributed by atoms with Gasteiger partial charge in [-0.05, 0) is 0 Å². The number of nitrogens with one attached hydrogen (secondary N) is 1. The van der Waals surface area contributed by atoms with Crippen LogP contribution >= 0.6 is 0 Å². The molecule has 0 aliphatic heterocycles. The fourth-order valence-electron chi connectivity index (χ4n) is 0.673. The molecule has 1 unspecified atom stereocenters. The second-order valence-electron chi connectivity index (χ2n) is 2.71. The molecule has 0 aromatic heterocycles. The average molecular weight is 241 g/mol. The molecule has 0 spiro atoms. The number of ether oxygens (including phenoxy) is 2. The lowest BCUT2D eigenvalue weighted by Crippen LogP contribution is -2.28. The largest absolute Gasteiger partial charge is 0.409 e. The van der Waals surface area contributed by atoms with Crippen LogP contribution in [-0.2, 0) is 23.9 Å². The maximum Gasteiger partial charge on any atom is 0.343 e. The first-order chi connectivity index (χ1) is 7.90. The predicted octanol–water partition coefficient (Wildman–Crippen LogP) is -0.300. The van der Waals surface area contributed by atoms with Crippen molar-refractivity contribution in [1.29, 1.82) is 5.41 Å². The minimum absolute atomic E-state index is 0.594. The number of hydrogen-bond donors (Lipinski definition) is 2. The topological polar surface area (TPSA) is 114 Å². The molecular weight excluding hydrogens is 230 g/mol. The minimum Gasteiger partial charge on any atom is -0.409 e. The molecule has 0 fully saturated rings. The van der Waals surface area contributed by atoms with Gasteiger partial charge in [0.15, 0.2) is 12.0 Å². The van der Waals surface area contributed by atoms with E-state index in [4.69, 9.17) is 5.41 Å². The van der Waals surface area contributed by atoms with Crippen LogP contribution in [0.1, 0.15) is 6.42 Å². The molecule has 1 atom stereocenters. The van der Waals surface area contributed by atoms with E-state index in [1.54, 1.807) is 0 Å². The Bertz CT molecular complexity index is 373. The zero-order valence-corrected chi connectivity index (χ0v) is 8.84. The molecule has 7 nitrogen and oxygen atoms in total. The molecule has 0 rings (SSSR count). The monoisotopic (exact) mass is 241 g/mol. The molecular formula is C10H11NO6. The van der Waals surface area contributed by atoms with Gasteiger partial charge >= 0.3 is 17.9 Å². The van der Waals surface area contributed by atoms with Gasteiger partial charge in [0.05, 0.1) is 6.42 Å². The van der Waals surface area contributed by atoms with Crippen LogP contribution in [0.15, 0.2) is 25.3 Å². The summed E-state index contributed by atoms with van der Waals surface area (Å²) in [6, 6.07) is 0. The summed E-state index contributed by atoms with van der Waals surface area (Å²) in [4.78, 5) is 32.3. The Labute approximate surface area is 96.8 Å². The van der Waals surface area contributed by atoms with Crippen molar-refractivity contribution in [3.8, 4) is 0 Å². The quantitative estimate of drug-likeness (QED) is 0.224. The number of carbonyl (C=O) groups excluding carboxylic acids is 3. The summed E-state index contributed by atoms with van der Waals surface area (Å²) in [6.07, 6.45) is -0.805. The Hall–Kier alpha value is -2.28. The molecule has 0 saturated carbocycles. The fraction of sp³-hybridized carbons (Fsp3) is 0.200. The third kappa shape index (κ3) is 6.00. The van der Waals surface area contributed by atoms with Gasteiger partial charge in [0, 0.05) is 12.2 Å².